The molecule has 0 saturated carbocycles. The number of hydrogen-bond acceptors (Lipinski definition) is 5. The minimum absolute atomic E-state index is 0. The molecule has 0 radical (unpaired) electrons. The van der Waals surface area contributed by atoms with Crippen LogP contribution in [0.25, 0.3) is 0 Å². The molecule has 0 bridgehead atoms. The maximum absolute atomic E-state index is 12.7. The average Bonchev–Trinajstić information content (AvgIpc) is 2.90. The quantitative estimate of drug-likeness (QED) is 0.496. The molecule has 7 heteroatoms. The first-order chi connectivity index (χ1) is 17.2. The van der Waals surface area contributed by atoms with E-state index in [9.17, 15) is 9.90 Å². The Bertz CT molecular complexity index is 1120. The summed E-state index contributed by atoms with van der Waals surface area (Å²) in [4.78, 5) is 19.2. The van der Waals surface area contributed by atoms with Gasteiger partial charge in [-0.1, -0.05) is 54.6 Å². The highest BCUT2D eigenvalue weighted by Gasteiger charge is 2.27. The molecule has 1 fully saturated rings. The summed E-state index contributed by atoms with van der Waals surface area (Å²) in [5, 5.41) is 10.7. The van der Waals surface area contributed by atoms with Gasteiger partial charge in [-0.3, -0.25) is 9.69 Å². The van der Waals surface area contributed by atoms with Gasteiger partial charge in [0.2, 0.25) is 5.91 Å². The molecule has 2 aliphatic heterocycles. The average molecular weight is 508 g/mol. The monoisotopic (exact) mass is 507 g/mol. The van der Waals surface area contributed by atoms with Crippen LogP contribution in [0, 0.1) is 0 Å². The van der Waals surface area contributed by atoms with Crippen molar-refractivity contribution in [2.24, 2.45) is 0 Å². The number of amides is 1. The number of halogens is 1. The molecule has 3 aromatic carbocycles. The number of carbonyl (C=O) groups is 1. The maximum Gasteiger partial charge on any atom is 0.227 e. The Morgan fingerprint density at radius 2 is 1.53 bits per heavy atom. The predicted octanol–water partition coefficient (Wildman–Crippen LogP) is 4.15. The highest BCUT2D eigenvalue weighted by molar-refractivity contribution is 5.96. The first-order valence-corrected chi connectivity index (χ1v) is 12.5. The Labute approximate surface area is 219 Å². The predicted molar refractivity (Wildman–Crippen MR) is 146 cm³/mol. The molecule has 1 saturated heterocycles. The molecule has 0 aliphatic carbocycles. The zero-order valence-corrected chi connectivity index (χ0v) is 21.3. The fourth-order valence-electron chi connectivity index (χ4n) is 5.00. The molecule has 1 N–H and O–H groups in total. The van der Waals surface area contributed by atoms with Gasteiger partial charge in [-0.05, 0) is 36.2 Å². The molecule has 6 nitrogen and oxygen atoms in total. The van der Waals surface area contributed by atoms with Gasteiger partial charge in [-0.25, -0.2) is 0 Å². The lowest BCUT2D eigenvalue weighted by molar-refractivity contribution is -0.119. The summed E-state index contributed by atoms with van der Waals surface area (Å²) in [6.45, 7) is 5.13. The summed E-state index contributed by atoms with van der Waals surface area (Å²) in [7, 11) is 0. The highest BCUT2D eigenvalue weighted by atomic mass is 35.5. The van der Waals surface area contributed by atoms with Crippen molar-refractivity contribution in [3.8, 4) is 5.75 Å². The van der Waals surface area contributed by atoms with E-state index in [1.165, 1.54) is 5.69 Å². The van der Waals surface area contributed by atoms with Crippen LogP contribution >= 0.6 is 12.4 Å². The van der Waals surface area contributed by atoms with Crippen molar-refractivity contribution in [1.82, 2.24) is 4.90 Å². The Morgan fingerprint density at radius 3 is 2.25 bits per heavy atom. The van der Waals surface area contributed by atoms with Gasteiger partial charge in [0.1, 0.15) is 18.5 Å². The number of benzene rings is 3. The lowest BCUT2D eigenvalue weighted by Gasteiger charge is -2.37. The summed E-state index contributed by atoms with van der Waals surface area (Å²) in [6.07, 6.45) is 0.557. The molecule has 190 valence electrons. The van der Waals surface area contributed by atoms with E-state index in [0.29, 0.717) is 25.9 Å². The number of ether oxygens (including phenoxy) is 1. The van der Waals surface area contributed by atoms with Gasteiger partial charge in [0.05, 0.1) is 12.2 Å². The molecule has 1 amide bonds. The van der Waals surface area contributed by atoms with E-state index in [1.54, 1.807) is 0 Å². The standard InChI is InChI=1S/C29H33N3O3.ClH/c33-25(21-30-16-18-31(19-17-30)24-10-5-2-6-11-24)22-35-28-13-7-12-27-26(28)14-15-29(34)32(27)20-23-8-3-1-4-9-23;/h1-13,25,33H,14-22H2;1H. The van der Waals surface area contributed by atoms with E-state index in [4.69, 9.17) is 4.74 Å². The lowest BCUT2D eigenvalue weighted by Crippen LogP contribution is -2.49. The third-order valence-electron chi connectivity index (χ3n) is 6.87. The number of hydrogen-bond donors (Lipinski definition) is 1. The molecule has 36 heavy (non-hydrogen) atoms. The lowest BCUT2D eigenvalue weighted by atomic mass is 9.99. The Kier molecular flexibility index (Phi) is 8.86. The molecule has 1 atom stereocenters. The van der Waals surface area contributed by atoms with Crippen molar-refractivity contribution < 1.29 is 14.6 Å². The number of anilines is 2. The van der Waals surface area contributed by atoms with Crippen molar-refractivity contribution in [1.29, 1.82) is 0 Å². The van der Waals surface area contributed by atoms with Crippen LogP contribution in [-0.2, 0) is 17.8 Å². The van der Waals surface area contributed by atoms with Gasteiger partial charge in [0.15, 0.2) is 0 Å². The minimum atomic E-state index is -0.570. The van der Waals surface area contributed by atoms with Crippen molar-refractivity contribution in [3.63, 3.8) is 0 Å². The van der Waals surface area contributed by atoms with Crippen LogP contribution in [0.2, 0.25) is 0 Å². The molecule has 1 unspecified atom stereocenters. The third-order valence-corrected chi connectivity index (χ3v) is 6.87. The van der Waals surface area contributed by atoms with Crippen LogP contribution in [0.4, 0.5) is 11.4 Å². The second-order valence-electron chi connectivity index (χ2n) is 9.31. The van der Waals surface area contributed by atoms with Crippen molar-refractivity contribution in [2.75, 3.05) is 49.1 Å². The van der Waals surface area contributed by atoms with Crippen LogP contribution in [0.15, 0.2) is 78.9 Å². The van der Waals surface area contributed by atoms with Crippen LogP contribution in [0.1, 0.15) is 17.5 Å². The number of aliphatic hydroxyl groups is 1. The number of nitrogens with zero attached hydrogens (tertiary/aromatic N) is 3. The third kappa shape index (κ3) is 6.19. The normalized spacial score (nSPS) is 16.8. The molecular formula is C29H34ClN3O3. The van der Waals surface area contributed by atoms with E-state index in [-0.39, 0.29) is 24.9 Å². The molecular weight excluding hydrogens is 474 g/mol. The molecule has 5 rings (SSSR count). The first kappa shape index (κ1) is 26.0. The molecule has 0 aromatic heterocycles. The van der Waals surface area contributed by atoms with Gasteiger partial charge in [-0.2, -0.15) is 0 Å². The number of fused-ring (bicyclic) bond motifs is 1. The van der Waals surface area contributed by atoms with E-state index >= 15 is 0 Å². The smallest absolute Gasteiger partial charge is 0.227 e. The molecule has 2 heterocycles. The van der Waals surface area contributed by atoms with E-state index in [0.717, 1.165) is 48.7 Å². The summed E-state index contributed by atoms with van der Waals surface area (Å²) in [5.41, 5.74) is 4.31. The number of aliphatic hydroxyl groups excluding tert-OH is 1. The van der Waals surface area contributed by atoms with Crippen LogP contribution in [0.5, 0.6) is 5.75 Å². The summed E-state index contributed by atoms with van der Waals surface area (Å²) in [5.74, 6) is 0.897. The number of piperazine rings is 1. The number of β-amino-alcohol motifs (C(OH)–C–C–N with tert-alkyl or cyclic N) is 1. The molecule has 3 aromatic rings. The second kappa shape index (κ2) is 12.3. The van der Waals surface area contributed by atoms with Gasteiger partial charge in [0, 0.05) is 50.4 Å². The van der Waals surface area contributed by atoms with Crippen LogP contribution in [0.3, 0.4) is 0 Å². The van der Waals surface area contributed by atoms with Gasteiger partial charge < -0.3 is 19.6 Å². The first-order valence-electron chi connectivity index (χ1n) is 12.5. The van der Waals surface area contributed by atoms with Gasteiger partial charge in [-0.15, -0.1) is 12.4 Å². The fourth-order valence-corrected chi connectivity index (χ4v) is 5.00. The Balaban J connectivity index is 0.00000304. The summed E-state index contributed by atoms with van der Waals surface area (Å²) in [6, 6.07) is 26.4. The van der Waals surface area contributed by atoms with Gasteiger partial charge >= 0.3 is 0 Å². The summed E-state index contributed by atoms with van der Waals surface area (Å²) >= 11 is 0. The summed E-state index contributed by atoms with van der Waals surface area (Å²) < 4.78 is 6.11. The highest BCUT2D eigenvalue weighted by Crippen LogP contribution is 2.35. The van der Waals surface area contributed by atoms with Crippen molar-refractivity contribution in [2.45, 2.75) is 25.5 Å². The second-order valence-corrected chi connectivity index (χ2v) is 9.31. The minimum Gasteiger partial charge on any atom is -0.490 e. The Morgan fingerprint density at radius 1 is 0.833 bits per heavy atom. The van der Waals surface area contributed by atoms with Crippen LogP contribution < -0.4 is 14.5 Å². The number of carbonyl (C=O) groups excluding carboxylic acids is 1. The zero-order chi connectivity index (χ0) is 24.0. The van der Waals surface area contributed by atoms with E-state index < -0.39 is 6.10 Å². The van der Waals surface area contributed by atoms with E-state index in [2.05, 4.69) is 34.1 Å². The Hall–Kier alpha value is -3.06. The largest absolute Gasteiger partial charge is 0.490 e. The number of rotatable bonds is 8. The maximum atomic E-state index is 12.7. The zero-order valence-electron chi connectivity index (χ0n) is 20.5. The number of para-hydroxylation sites is 1. The van der Waals surface area contributed by atoms with Crippen molar-refractivity contribution in [3.05, 3.63) is 90.0 Å². The van der Waals surface area contributed by atoms with Gasteiger partial charge in [0.25, 0.3) is 0 Å². The van der Waals surface area contributed by atoms with E-state index in [1.807, 2.05) is 59.5 Å². The van der Waals surface area contributed by atoms with Crippen LogP contribution in [-0.4, -0.2) is 61.3 Å². The van der Waals surface area contributed by atoms with Crippen molar-refractivity contribution >= 4 is 29.7 Å². The topological polar surface area (TPSA) is 56.3 Å². The SMILES string of the molecule is Cl.O=C1CCc2c(OCC(O)CN3CCN(c4ccccc4)CC3)cccc2N1Cc1ccccc1. The molecule has 2 aliphatic rings. The fraction of sp³-hybridized carbons (Fsp3) is 0.345. The molecule has 0 spiro atoms.